The second-order valence-corrected chi connectivity index (χ2v) is 7.19. The van der Waals surface area contributed by atoms with Crippen molar-refractivity contribution >= 4 is 38.3 Å². The molecule has 0 unspecified atom stereocenters. The monoisotopic (exact) mass is 350 g/mol. The maximum atomic E-state index is 5.44. The zero-order chi connectivity index (χ0) is 16.6. The van der Waals surface area contributed by atoms with Gasteiger partial charge in [-0.15, -0.1) is 11.3 Å². The van der Waals surface area contributed by atoms with Crippen molar-refractivity contribution in [1.29, 1.82) is 0 Å². The molecule has 2 aromatic carbocycles. The zero-order valence-electron chi connectivity index (χ0n) is 13.8. The summed E-state index contributed by atoms with van der Waals surface area (Å²) in [5.41, 5.74) is 7.68. The van der Waals surface area contributed by atoms with Crippen LogP contribution < -0.4 is 4.90 Å². The van der Waals surface area contributed by atoms with Crippen molar-refractivity contribution in [3.63, 3.8) is 0 Å². The van der Waals surface area contributed by atoms with Crippen molar-refractivity contribution in [2.24, 2.45) is 0 Å². The number of anilines is 1. The van der Waals surface area contributed by atoms with E-state index in [9.17, 15) is 0 Å². The molecule has 1 fully saturated rings. The Morgan fingerprint density at radius 1 is 1.00 bits per heavy atom. The molecule has 0 aliphatic carbocycles. The average Bonchev–Trinajstić information content (AvgIpc) is 3.29. The third-order valence-corrected chi connectivity index (χ3v) is 5.52. The van der Waals surface area contributed by atoms with Gasteiger partial charge in [0.1, 0.15) is 0 Å². The number of hydrogen-bond acceptors (Lipinski definition) is 5. The van der Waals surface area contributed by atoms with E-state index in [0.29, 0.717) is 0 Å². The van der Waals surface area contributed by atoms with Crippen molar-refractivity contribution in [2.45, 2.75) is 6.54 Å². The van der Waals surface area contributed by atoms with Crippen LogP contribution in [0.5, 0.6) is 0 Å². The topological polar surface area (TPSA) is 43.2 Å². The minimum Gasteiger partial charge on any atom is -0.378 e. The molecule has 0 spiro atoms. The Balaban J connectivity index is 1.45. The van der Waals surface area contributed by atoms with Crippen LogP contribution in [0.1, 0.15) is 5.56 Å². The van der Waals surface area contributed by atoms with Crippen LogP contribution in [0, 0.1) is 0 Å². The lowest BCUT2D eigenvalue weighted by atomic mass is 10.2. The summed E-state index contributed by atoms with van der Waals surface area (Å²) >= 11 is 1.68. The number of ether oxygens (including phenoxy) is 1. The smallest absolute Gasteiger partial charge is 0.0961 e. The quantitative estimate of drug-likeness (QED) is 0.567. The first-order valence-corrected chi connectivity index (χ1v) is 9.34. The van der Waals surface area contributed by atoms with Gasteiger partial charge >= 0.3 is 0 Å². The molecule has 0 amide bonds. The fourth-order valence-electron chi connectivity index (χ4n) is 3.39. The molecule has 5 nitrogen and oxygen atoms in total. The normalized spacial score (nSPS) is 15.3. The Morgan fingerprint density at radius 2 is 1.92 bits per heavy atom. The maximum absolute atomic E-state index is 5.44. The van der Waals surface area contributed by atoms with E-state index < -0.39 is 0 Å². The molecule has 126 valence electrons. The van der Waals surface area contributed by atoms with Crippen LogP contribution in [-0.2, 0) is 11.3 Å². The number of morpholine rings is 1. The molecule has 0 atom stereocenters. The molecule has 1 saturated heterocycles. The fourth-order valence-corrected chi connectivity index (χ4v) is 4.13. The predicted molar refractivity (Wildman–Crippen MR) is 101 cm³/mol. The Labute approximate surface area is 149 Å². The molecule has 5 rings (SSSR count). The summed E-state index contributed by atoms with van der Waals surface area (Å²) in [5.74, 6) is 0. The van der Waals surface area contributed by atoms with Crippen LogP contribution in [0.15, 0.2) is 48.2 Å². The third kappa shape index (κ3) is 2.77. The van der Waals surface area contributed by atoms with Gasteiger partial charge in [-0.1, -0.05) is 6.07 Å². The number of fused-ring (bicyclic) bond motifs is 2. The Bertz CT molecular complexity index is 1030. The predicted octanol–water partition coefficient (Wildman–Crippen LogP) is 3.53. The average molecular weight is 350 g/mol. The van der Waals surface area contributed by atoms with Gasteiger partial charge in [0, 0.05) is 25.3 Å². The van der Waals surface area contributed by atoms with E-state index in [2.05, 4.69) is 55.8 Å². The minimum absolute atomic E-state index is 0.798. The molecular formula is C19H18N4OS. The molecule has 4 aromatic rings. The van der Waals surface area contributed by atoms with Crippen molar-refractivity contribution in [1.82, 2.24) is 14.5 Å². The van der Waals surface area contributed by atoms with Gasteiger partial charge < -0.3 is 14.2 Å². The highest BCUT2D eigenvalue weighted by Crippen LogP contribution is 2.24. The molecule has 1 aliphatic rings. The molecule has 0 N–H and O–H groups in total. The van der Waals surface area contributed by atoms with Crippen LogP contribution in [-0.4, -0.2) is 40.8 Å². The summed E-state index contributed by atoms with van der Waals surface area (Å²) < 4.78 is 8.88. The number of hydrogen-bond donors (Lipinski definition) is 0. The molecule has 1 aliphatic heterocycles. The largest absolute Gasteiger partial charge is 0.378 e. The number of nitrogens with zero attached hydrogens (tertiary/aromatic N) is 4. The van der Waals surface area contributed by atoms with E-state index in [0.717, 1.165) is 43.9 Å². The first-order chi connectivity index (χ1) is 12.4. The van der Waals surface area contributed by atoms with E-state index in [1.807, 2.05) is 11.8 Å². The van der Waals surface area contributed by atoms with Crippen LogP contribution in [0.25, 0.3) is 21.3 Å². The molecule has 0 bridgehead atoms. The van der Waals surface area contributed by atoms with Gasteiger partial charge in [0.25, 0.3) is 0 Å². The van der Waals surface area contributed by atoms with E-state index in [1.165, 1.54) is 21.5 Å². The molecule has 3 heterocycles. The molecule has 0 radical (unpaired) electrons. The zero-order valence-corrected chi connectivity index (χ0v) is 14.6. The van der Waals surface area contributed by atoms with Gasteiger partial charge in [-0.05, 0) is 35.9 Å². The Kier molecular flexibility index (Phi) is 3.64. The van der Waals surface area contributed by atoms with Gasteiger partial charge in [-0.3, -0.25) is 0 Å². The molecule has 0 saturated carbocycles. The third-order valence-electron chi connectivity index (χ3n) is 4.73. The first-order valence-electron chi connectivity index (χ1n) is 8.46. The van der Waals surface area contributed by atoms with E-state index in [1.54, 1.807) is 11.3 Å². The van der Waals surface area contributed by atoms with Crippen molar-refractivity contribution in [3.8, 4) is 0 Å². The van der Waals surface area contributed by atoms with Gasteiger partial charge in [0.05, 0.1) is 46.3 Å². The van der Waals surface area contributed by atoms with Gasteiger partial charge in [-0.25, -0.2) is 9.97 Å². The van der Waals surface area contributed by atoms with Gasteiger partial charge in [-0.2, -0.15) is 0 Å². The van der Waals surface area contributed by atoms with Crippen LogP contribution in [0.4, 0.5) is 5.69 Å². The minimum atomic E-state index is 0.798. The summed E-state index contributed by atoms with van der Waals surface area (Å²) in [7, 11) is 0. The van der Waals surface area contributed by atoms with Crippen LogP contribution in [0.2, 0.25) is 0 Å². The van der Waals surface area contributed by atoms with E-state index >= 15 is 0 Å². The molecular weight excluding hydrogens is 332 g/mol. The lowest BCUT2D eigenvalue weighted by Gasteiger charge is -2.28. The summed E-state index contributed by atoms with van der Waals surface area (Å²) in [4.78, 5) is 11.3. The first kappa shape index (κ1) is 14.9. The second-order valence-electron chi connectivity index (χ2n) is 6.30. The second kappa shape index (κ2) is 6.13. The van der Waals surface area contributed by atoms with Crippen LogP contribution >= 0.6 is 11.3 Å². The number of aromatic nitrogens is 3. The molecule has 25 heavy (non-hydrogen) atoms. The summed E-state index contributed by atoms with van der Waals surface area (Å²) in [6, 6.07) is 13.0. The Hall–Kier alpha value is -2.44. The highest BCUT2D eigenvalue weighted by Gasteiger charge is 2.13. The van der Waals surface area contributed by atoms with Crippen molar-refractivity contribution < 1.29 is 4.74 Å². The standard InChI is InChI=1S/C19H18N4OS/c1-3-16-19(25-13-21-16)9-14(1)11-23-12-20-17-10-15(2-4-18(17)23)22-5-7-24-8-6-22/h1-4,9-10,12-13H,5-8,11H2. The van der Waals surface area contributed by atoms with E-state index in [4.69, 9.17) is 4.74 Å². The lowest BCUT2D eigenvalue weighted by molar-refractivity contribution is 0.122. The van der Waals surface area contributed by atoms with Crippen molar-refractivity contribution in [3.05, 3.63) is 53.8 Å². The van der Waals surface area contributed by atoms with Crippen LogP contribution in [0.3, 0.4) is 0 Å². The maximum Gasteiger partial charge on any atom is 0.0961 e. The SMILES string of the molecule is c1nc2ccc(Cn3cnc4cc(N5CCOCC5)ccc43)cc2s1. The highest BCUT2D eigenvalue weighted by molar-refractivity contribution is 7.16. The summed E-state index contributed by atoms with van der Waals surface area (Å²) in [5, 5.41) is 0. The highest BCUT2D eigenvalue weighted by atomic mass is 32.1. The number of thiazole rings is 1. The van der Waals surface area contributed by atoms with E-state index in [-0.39, 0.29) is 0 Å². The summed E-state index contributed by atoms with van der Waals surface area (Å²) in [6.45, 7) is 4.31. The van der Waals surface area contributed by atoms with Crippen molar-refractivity contribution in [2.75, 3.05) is 31.2 Å². The number of rotatable bonds is 3. The molecule has 6 heteroatoms. The lowest BCUT2D eigenvalue weighted by Crippen LogP contribution is -2.36. The summed E-state index contributed by atoms with van der Waals surface area (Å²) in [6.07, 6.45) is 1.94. The molecule has 2 aromatic heterocycles. The number of benzene rings is 2. The van der Waals surface area contributed by atoms with Gasteiger partial charge in [0.15, 0.2) is 0 Å². The Morgan fingerprint density at radius 3 is 2.84 bits per heavy atom. The van der Waals surface area contributed by atoms with Gasteiger partial charge in [0.2, 0.25) is 0 Å². The number of imidazole rings is 1. The fraction of sp³-hybridized carbons (Fsp3) is 0.263.